The Hall–Kier alpha value is -1.17. The normalized spacial score (nSPS) is 37.2. The summed E-state index contributed by atoms with van der Waals surface area (Å²) in [5.74, 6) is 2.60. The molecule has 5 heteroatoms. The van der Waals surface area contributed by atoms with E-state index in [0.717, 1.165) is 12.0 Å². The maximum absolute atomic E-state index is 11.1. The van der Waals surface area contributed by atoms with Crippen molar-refractivity contribution in [3.05, 3.63) is 36.0 Å². The second kappa shape index (κ2) is 6.96. The molecule has 0 saturated heterocycles. The molecule has 2 fully saturated rings. The number of nitrogens with zero attached hydrogens (tertiary/aromatic N) is 1. The van der Waals surface area contributed by atoms with Gasteiger partial charge in [0.15, 0.2) is 8.32 Å². The molecule has 0 aliphatic heterocycles. The first-order chi connectivity index (χ1) is 13.1. The van der Waals surface area contributed by atoms with Crippen molar-refractivity contribution in [2.24, 2.45) is 23.7 Å². The number of aliphatic hydroxyl groups is 1. The van der Waals surface area contributed by atoms with E-state index in [-0.39, 0.29) is 23.2 Å². The average molecular weight is 402 g/mol. The Morgan fingerprint density at radius 2 is 1.75 bits per heavy atom. The van der Waals surface area contributed by atoms with Gasteiger partial charge in [-0.2, -0.15) is 0 Å². The van der Waals surface area contributed by atoms with E-state index in [1.165, 1.54) is 6.42 Å². The van der Waals surface area contributed by atoms with Gasteiger partial charge in [-0.1, -0.05) is 39.0 Å². The van der Waals surface area contributed by atoms with Crippen LogP contribution in [-0.2, 0) is 4.43 Å². The van der Waals surface area contributed by atoms with Crippen molar-refractivity contribution in [1.82, 2.24) is 4.98 Å². The molecule has 7 atom stereocenters. The van der Waals surface area contributed by atoms with Crippen molar-refractivity contribution >= 4 is 8.32 Å². The highest BCUT2D eigenvalue weighted by atomic mass is 28.4. The molecule has 3 aliphatic rings. The summed E-state index contributed by atoms with van der Waals surface area (Å²) in [5, 5.41) is 11.2. The van der Waals surface area contributed by atoms with E-state index >= 15 is 0 Å². The predicted octanol–water partition coefficient (Wildman–Crippen LogP) is 4.77. The molecule has 1 aromatic heterocycles. The molecule has 0 spiro atoms. The van der Waals surface area contributed by atoms with Gasteiger partial charge in [0.1, 0.15) is 0 Å². The van der Waals surface area contributed by atoms with Crippen LogP contribution in [0.3, 0.4) is 0 Å². The molecular weight excluding hydrogens is 366 g/mol. The molecule has 0 amide bonds. The van der Waals surface area contributed by atoms with Crippen LogP contribution in [0.5, 0.6) is 5.88 Å². The zero-order chi connectivity index (χ0) is 20.3. The number of aromatic nitrogens is 1. The fourth-order valence-corrected chi connectivity index (χ4v) is 6.81. The Morgan fingerprint density at radius 1 is 1.07 bits per heavy atom. The van der Waals surface area contributed by atoms with Crippen molar-refractivity contribution in [3.8, 4) is 5.88 Å². The molecule has 154 valence electrons. The topological polar surface area (TPSA) is 51.6 Å². The van der Waals surface area contributed by atoms with E-state index in [1.807, 2.05) is 12.3 Å². The first-order valence-corrected chi connectivity index (χ1v) is 13.6. The van der Waals surface area contributed by atoms with Gasteiger partial charge in [0.05, 0.1) is 19.3 Å². The van der Waals surface area contributed by atoms with Gasteiger partial charge in [-0.25, -0.2) is 4.98 Å². The highest BCUT2D eigenvalue weighted by Crippen LogP contribution is 2.58. The third-order valence-electron chi connectivity index (χ3n) is 7.93. The molecular formula is C23H35NO3Si. The fraction of sp³-hybridized carbons (Fsp3) is 0.696. The van der Waals surface area contributed by atoms with Crippen molar-refractivity contribution in [3.63, 3.8) is 0 Å². The van der Waals surface area contributed by atoms with Crippen LogP contribution >= 0.6 is 0 Å². The molecule has 28 heavy (non-hydrogen) atoms. The SMILES string of the molecule is COc1ccc([C@H]2C[C@H](O)[C@H]3[C@@H]([C@@H]2O[Si](C)(C)C(C)(C)C)[C@H]2C=C[C@@H]3C2)cn1. The molecule has 1 heterocycles. The predicted molar refractivity (Wildman–Crippen MR) is 114 cm³/mol. The molecule has 2 saturated carbocycles. The van der Waals surface area contributed by atoms with Crippen LogP contribution in [0.15, 0.2) is 30.5 Å². The van der Waals surface area contributed by atoms with E-state index in [2.05, 4.69) is 57.1 Å². The Bertz CT molecular complexity index is 739. The van der Waals surface area contributed by atoms with Crippen LogP contribution in [0.25, 0.3) is 0 Å². The zero-order valence-electron chi connectivity index (χ0n) is 18.1. The third-order valence-corrected chi connectivity index (χ3v) is 12.4. The van der Waals surface area contributed by atoms with Crippen LogP contribution in [0.1, 0.15) is 45.1 Å². The minimum atomic E-state index is -1.95. The van der Waals surface area contributed by atoms with Crippen LogP contribution in [-0.4, -0.2) is 37.7 Å². The lowest BCUT2D eigenvalue weighted by Crippen LogP contribution is -2.54. The summed E-state index contributed by atoms with van der Waals surface area (Å²) in [7, 11) is -0.304. The smallest absolute Gasteiger partial charge is 0.212 e. The number of pyridine rings is 1. The summed E-state index contributed by atoms with van der Waals surface area (Å²) in [6.45, 7) is 11.6. The highest BCUT2D eigenvalue weighted by molar-refractivity contribution is 6.74. The number of aliphatic hydroxyl groups excluding tert-OH is 1. The quantitative estimate of drug-likeness (QED) is 0.583. The van der Waals surface area contributed by atoms with Crippen LogP contribution < -0.4 is 4.74 Å². The fourth-order valence-electron chi connectivity index (χ4n) is 5.46. The molecule has 1 N–H and O–H groups in total. The lowest BCUT2D eigenvalue weighted by atomic mass is 9.65. The van der Waals surface area contributed by atoms with E-state index in [4.69, 9.17) is 9.16 Å². The Kier molecular flexibility index (Phi) is 5.00. The number of ether oxygens (including phenoxy) is 1. The van der Waals surface area contributed by atoms with Crippen molar-refractivity contribution in [2.75, 3.05) is 7.11 Å². The number of methoxy groups -OCH3 is 1. The van der Waals surface area contributed by atoms with Crippen LogP contribution in [0.2, 0.25) is 18.1 Å². The monoisotopic (exact) mass is 401 g/mol. The van der Waals surface area contributed by atoms with E-state index in [0.29, 0.717) is 29.6 Å². The van der Waals surface area contributed by atoms with Crippen molar-refractivity contribution in [1.29, 1.82) is 0 Å². The lowest BCUT2D eigenvalue weighted by Gasteiger charge is -2.50. The molecule has 3 aliphatic carbocycles. The van der Waals surface area contributed by atoms with Gasteiger partial charge in [-0.3, -0.25) is 0 Å². The lowest BCUT2D eigenvalue weighted by molar-refractivity contribution is -0.0555. The summed E-state index contributed by atoms with van der Waals surface area (Å²) in [5.41, 5.74) is 1.16. The standard InChI is InChI=1S/C23H35NO3Si/c1-23(2,3)28(5,6)27-22-17(16-9-10-19(26-4)24-13-16)12-18(25)20-14-7-8-15(11-14)21(20)22/h7-10,13-15,17-18,20-22,25H,11-12H2,1-6H3/t14-,15+,17-,18+,20+,21+,22-/m1/s1. The maximum Gasteiger partial charge on any atom is 0.212 e. The van der Waals surface area contributed by atoms with Crippen LogP contribution in [0.4, 0.5) is 0 Å². The molecule has 0 aromatic carbocycles. The molecule has 0 unspecified atom stereocenters. The minimum absolute atomic E-state index is 0.143. The number of fused-ring (bicyclic) bond motifs is 5. The van der Waals surface area contributed by atoms with Gasteiger partial charge in [0.25, 0.3) is 0 Å². The second-order valence-electron chi connectivity index (χ2n) is 10.5. The molecule has 4 rings (SSSR count). The first kappa shape index (κ1) is 20.1. The summed E-state index contributed by atoms with van der Waals surface area (Å²) in [6.07, 6.45) is 8.45. The largest absolute Gasteiger partial charge is 0.481 e. The molecule has 2 bridgehead atoms. The van der Waals surface area contributed by atoms with Gasteiger partial charge in [-0.15, -0.1) is 0 Å². The summed E-state index contributed by atoms with van der Waals surface area (Å²) < 4.78 is 12.4. The van der Waals surface area contributed by atoms with Gasteiger partial charge in [0.2, 0.25) is 5.88 Å². The number of allylic oxidation sites excluding steroid dienone is 2. The van der Waals surface area contributed by atoms with Gasteiger partial charge >= 0.3 is 0 Å². The Morgan fingerprint density at radius 3 is 2.32 bits per heavy atom. The van der Waals surface area contributed by atoms with Crippen LogP contribution in [0, 0.1) is 23.7 Å². The summed E-state index contributed by atoms with van der Waals surface area (Å²) >= 11 is 0. The average Bonchev–Trinajstić information content (AvgIpc) is 3.25. The minimum Gasteiger partial charge on any atom is -0.481 e. The van der Waals surface area contributed by atoms with Gasteiger partial charge in [-0.05, 0) is 60.2 Å². The zero-order valence-corrected chi connectivity index (χ0v) is 19.1. The van der Waals surface area contributed by atoms with E-state index in [9.17, 15) is 5.11 Å². The second-order valence-corrected chi connectivity index (χ2v) is 15.2. The Labute approximate surface area is 170 Å². The number of hydrogen-bond acceptors (Lipinski definition) is 4. The molecule has 0 radical (unpaired) electrons. The van der Waals surface area contributed by atoms with Crippen molar-refractivity contribution < 1.29 is 14.3 Å². The number of rotatable bonds is 4. The van der Waals surface area contributed by atoms with Crippen molar-refractivity contribution in [2.45, 2.75) is 69.9 Å². The molecule has 4 nitrogen and oxygen atoms in total. The Balaban J connectivity index is 1.71. The number of hydrogen-bond donors (Lipinski definition) is 1. The van der Waals surface area contributed by atoms with Gasteiger partial charge in [0, 0.05) is 18.2 Å². The first-order valence-electron chi connectivity index (χ1n) is 10.7. The van der Waals surface area contributed by atoms with Gasteiger partial charge < -0.3 is 14.3 Å². The summed E-state index contributed by atoms with van der Waals surface area (Å²) in [6, 6.07) is 4.03. The van der Waals surface area contributed by atoms with E-state index in [1.54, 1.807) is 7.11 Å². The molecule has 1 aromatic rings. The third kappa shape index (κ3) is 3.25. The summed E-state index contributed by atoms with van der Waals surface area (Å²) in [4.78, 5) is 4.45. The highest BCUT2D eigenvalue weighted by Gasteiger charge is 2.57. The maximum atomic E-state index is 11.1. The van der Waals surface area contributed by atoms with E-state index < -0.39 is 8.32 Å².